The Hall–Kier alpha value is -2.10. The molecule has 0 rings (SSSR count). The summed E-state index contributed by atoms with van der Waals surface area (Å²) in [6.45, 7) is 1.71. The van der Waals surface area contributed by atoms with Crippen molar-refractivity contribution in [3.05, 3.63) is 21.6 Å². The Kier molecular flexibility index (Phi) is 4.95. The molecular formula is C9H15N5O2. The smallest absolute Gasteiger partial charge is 0.366 e. The third-order valence-electron chi connectivity index (χ3n) is 1.84. The number of nitriles is 1. The van der Waals surface area contributed by atoms with Gasteiger partial charge in [0.25, 0.3) is 0 Å². The summed E-state index contributed by atoms with van der Waals surface area (Å²) in [7, 11) is 6.74. The number of rotatable bonds is 3. The molecule has 0 spiro atoms. The number of nitrogens with zero attached hydrogens (tertiary/aromatic N) is 5. The quantitative estimate of drug-likeness (QED) is 0.229. The van der Waals surface area contributed by atoms with Crippen LogP contribution in [0.25, 0.3) is 0 Å². The molecule has 0 saturated carbocycles. The lowest BCUT2D eigenvalue weighted by Crippen LogP contribution is -2.22. The molecule has 7 nitrogen and oxygen atoms in total. The molecule has 0 radical (unpaired) electrons. The molecule has 0 heterocycles. The fourth-order valence-corrected chi connectivity index (χ4v) is 0.790. The van der Waals surface area contributed by atoms with Gasteiger partial charge in [-0.3, -0.25) is 10.1 Å². The number of nitro groups is 1. The van der Waals surface area contributed by atoms with E-state index >= 15 is 0 Å². The predicted molar refractivity (Wildman–Crippen MR) is 60.1 cm³/mol. The summed E-state index contributed by atoms with van der Waals surface area (Å²) in [6, 6.07) is 1.54. The normalized spacial score (nSPS) is 12.6. The maximum Gasteiger partial charge on any atom is 0.387 e. The van der Waals surface area contributed by atoms with Gasteiger partial charge in [0.2, 0.25) is 5.82 Å². The molecule has 0 aliphatic heterocycles. The van der Waals surface area contributed by atoms with Crippen LogP contribution in [0.2, 0.25) is 0 Å². The molecule has 0 aromatic carbocycles. The van der Waals surface area contributed by atoms with Gasteiger partial charge in [-0.1, -0.05) is 0 Å². The number of amidine groups is 1. The van der Waals surface area contributed by atoms with Crippen LogP contribution in [0, 0.1) is 21.4 Å². The maximum atomic E-state index is 10.6. The molecule has 0 bridgehead atoms. The zero-order chi connectivity index (χ0) is 12.9. The van der Waals surface area contributed by atoms with Gasteiger partial charge < -0.3 is 9.80 Å². The van der Waals surface area contributed by atoms with Crippen LogP contribution in [0.15, 0.2) is 16.5 Å². The van der Waals surface area contributed by atoms with Gasteiger partial charge in [-0.15, -0.1) is 0 Å². The molecule has 0 aliphatic rings. The van der Waals surface area contributed by atoms with Crippen molar-refractivity contribution in [1.82, 2.24) is 9.80 Å². The second-order valence-electron chi connectivity index (χ2n) is 3.49. The summed E-state index contributed by atoms with van der Waals surface area (Å²) in [5, 5.41) is 19.4. The first-order chi connectivity index (χ1) is 7.31. The minimum absolute atomic E-state index is 0.0405. The van der Waals surface area contributed by atoms with E-state index in [2.05, 4.69) is 4.99 Å². The van der Waals surface area contributed by atoms with Crippen LogP contribution < -0.4 is 0 Å². The summed E-state index contributed by atoms with van der Waals surface area (Å²) in [4.78, 5) is 17.1. The van der Waals surface area contributed by atoms with Gasteiger partial charge in [-0.25, -0.2) is 4.99 Å². The molecule has 0 aromatic heterocycles. The minimum atomic E-state index is -0.734. The highest BCUT2D eigenvalue weighted by atomic mass is 16.6. The topological polar surface area (TPSA) is 85.8 Å². The van der Waals surface area contributed by atoms with Crippen LogP contribution >= 0.6 is 0 Å². The van der Waals surface area contributed by atoms with E-state index < -0.39 is 10.6 Å². The average molecular weight is 225 g/mol. The summed E-state index contributed by atoms with van der Waals surface area (Å²) in [5.74, 6) is 0.622. The molecule has 16 heavy (non-hydrogen) atoms. The van der Waals surface area contributed by atoms with Crippen LogP contribution in [-0.4, -0.2) is 48.7 Å². The summed E-state index contributed by atoms with van der Waals surface area (Å²) < 4.78 is 0. The van der Waals surface area contributed by atoms with E-state index in [0.717, 1.165) is 0 Å². The molecule has 0 atom stereocenters. The minimum Gasteiger partial charge on any atom is -0.366 e. The van der Waals surface area contributed by atoms with Crippen molar-refractivity contribution >= 4 is 5.84 Å². The second kappa shape index (κ2) is 5.70. The van der Waals surface area contributed by atoms with E-state index in [-0.39, 0.29) is 5.82 Å². The standard InChI is InChI=1S/C9H15N5O2/c1-7(12(2)3)11-9(13(4)5)8(6-10)14(15)16/h1-5H3/b9-8-,11-7+. The predicted octanol–water partition coefficient (Wildman–Crippen LogP) is 0.497. The molecule has 0 N–H and O–H groups in total. The molecule has 0 amide bonds. The zero-order valence-electron chi connectivity index (χ0n) is 10.1. The molecule has 0 aliphatic carbocycles. The van der Waals surface area contributed by atoms with Crippen molar-refractivity contribution in [3.63, 3.8) is 0 Å². The number of allylic oxidation sites excluding steroid dienone is 1. The molecule has 0 unspecified atom stereocenters. The van der Waals surface area contributed by atoms with Gasteiger partial charge in [0.05, 0.1) is 4.92 Å². The summed E-state index contributed by atoms with van der Waals surface area (Å²) >= 11 is 0. The number of hydrogen-bond donors (Lipinski definition) is 0. The fourth-order valence-electron chi connectivity index (χ4n) is 0.790. The van der Waals surface area contributed by atoms with E-state index in [0.29, 0.717) is 5.84 Å². The summed E-state index contributed by atoms with van der Waals surface area (Å²) in [6.07, 6.45) is 0. The first-order valence-corrected chi connectivity index (χ1v) is 4.50. The van der Waals surface area contributed by atoms with Crippen molar-refractivity contribution in [2.45, 2.75) is 6.92 Å². The van der Waals surface area contributed by atoms with Crippen molar-refractivity contribution in [2.75, 3.05) is 28.2 Å². The Morgan fingerprint density at radius 3 is 2.06 bits per heavy atom. The number of aliphatic imine (C=N–C) groups is 1. The van der Waals surface area contributed by atoms with Crippen LogP contribution in [0.5, 0.6) is 0 Å². The maximum absolute atomic E-state index is 10.6. The van der Waals surface area contributed by atoms with Crippen molar-refractivity contribution in [3.8, 4) is 6.07 Å². The lowest BCUT2D eigenvalue weighted by Gasteiger charge is -2.15. The molecule has 0 aromatic rings. The third kappa shape index (κ3) is 3.57. The average Bonchev–Trinajstić information content (AvgIpc) is 2.16. The highest BCUT2D eigenvalue weighted by molar-refractivity contribution is 5.80. The molecule has 0 saturated heterocycles. The Labute approximate surface area is 94.4 Å². The lowest BCUT2D eigenvalue weighted by molar-refractivity contribution is -0.419. The first-order valence-electron chi connectivity index (χ1n) is 4.50. The van der Waals surface area contributed by atoms with E-state index in [1.807, 2.05) is 0 Å². The second-order valence-corrected chi connectivity index (χ2v) is 3.49. The Balaban J connectivity index is 5.59. The van der Waals surface area contributed by atoms with E-state index in [1.165, 1.54) is 4.90 Å². The summed E-state index contributed by atoms with van der Waals surface area (Å²) in [5.41, 5.74) is -0.564. The molecule has 7 heteroatoms. The monoisotopic (exact) mass is 225 g/mol. The van der Waals surface area contributed by atoms with Gasteiger partial charge in [0, 0.05) is 28.2 Å². The third-order valence-corrected chi connectivity index (χ3v) is 1.84. The molecule has 88 valence electrons. The molecular weight excluding hydrogens is 210 g/mol. The van der Waals surface area contributed by atoms with E-state index in [4.69, 9.17) is 5.26 Å². The van der Waals surface area contributed by atoms with Gasteiger partial charge in [-0.05, 0) is 6.92 Å². The Morgan fingerprint density at radius 1 is 1.31 bits per heavy atom. The lowest BCUT2D eigenvalue weighted by atomic mass is 10.4. The number of hydrogen-bond acceptors (Lipinski definition) is 5. The van der Waals surface area contributed by atoms with Crippen LogP contribution in [0.4, 0.5) is 0 Å². The van der Waals surface area contributed by atoms with Gasteiger partial charge >= 0.3 is 5.70 Å². The van der Waals surface area contributed by atoms with Crippen molar-refractivity contribution < 1.29 is 4.92 Å². The first kappa shape index (κ1) is 13.9. The van der Waals surface area contributed by atoms with Gasteiger partial charge in [0.15, 0.2) is 6.07 Å². The fraction of sp³-hybridized carbons (Fsp3) is 0.556. The van der Waals surface area contributed by atoms with Crippen LogP contribution in [0.1, 0.15) is 6.92 Å². The van der Waals surface area contributed by atoms with E-state index in [9.17, 15) is 10.1 Å². The Bertz CT molecular complexity index is 376. The van der Waals surface area contributed by atoms with Gasteiger partial charge in [0.1, 0.15) is 5.84 Å². The zero-order valence-corrected chi connectivity index (χ0v) is 10.1. The van der Waals surface area contributed by atoms with Crippen LogP contribution in [0.3, 0.4) is 0 Å². The largest absolute Gasteiger partial charge is 0.387 e. The van der Waals surface area contributed by atoms with Crippen LogP contribution in [-0.2, 0) is 0 Å². The van der Waals surface area contributed by atoms with E-state index in [1.54, 1.807) is 46.1 Å². The molecule has 0 fully saturated rings. The highest BCUT2D eigenvalue weighted by Gasteiger charge is 2.20. The van der Waals surface area contributed by atoms with Crippen molar-refractivity contribution in [1.29, 1.82) is 5.26 Å². The highest BCUT2D eigenvalue weighted by Crippen LogP contribution is 2.10. The van der Waals surface area contributed by atoms with Gasteiger partial charge in [-0.2, -0.15) is 5.26 Å². The Morgan fingerprint density at radius 2 is 1.81 bits per heavy atom. The van der Waals surface area contributed by atoms with Crippen molar-refractivity contribution in [2.24, 2.45) is 4.99 Å². The SMILES string of the molecule is C/C(=N\C(=C(/C#N)[N+](=O)[O-])N(C)C)N(C)C.